The molecule has 0 unspecified atom stereocenters. The average Bonchev–Trinajstić information content (AvgIpc) is 3.64. The molecule has 6 atom stereocenters. The summed E-state index contributed by atoms with van der Waals surface area (Å²) in [6.45, 7) is -0.589. The van der Waals surface area contributed by atoms with Crippen LogP contribution in [0.15, 0.2) is 72.8 Å². The van der Waals surface area contributed by atoms with E-state index in [9.17, 15) is 24.0 Å². The van der Waals surface area contributed by atoms with Gasteiger partial charge < -0.3 is 9.47 Å². The number of amides is 3. The molecule has 3 aliphatic rings. The van der Waals surface area contributed by atoms with Crippen LogP contribution in [0.5, 0.6) is 11.5 Å². The molecule has 1 aliphatic heterocycles. The molecule has 0 aromatic heterocycles. The largest absolute Gasteiger partial charge is 0.497 e. The zero-order chi connectivity index (χ0) is 31.3. The summed E-state index contributed by atoms with van der Waals surface area (Å²) in [5.74, 6) is -3.49. The van der Waals surface area contributed by atoms with E-state index >= 15 is 0 Å². The van der Waals surface area contributed by atoms with Crippen molar-refractivity contribution >= 4 is 72.9 Å². The van der Waals surface area contributed by atoms with Gasteiger partial charge in [0.05, 0.1) is 35.1 Å². The van der Waals surface area contributed by atoms with Crippen molar-refractivity contribution in [3.05, 3.63) is 94.5 Å². The van der Waals surface area contributed by atoms with Crippen LogP contribution >= 0.6 is 43.5 Å². The second-order valence-electron chi connectivity index (χ2n) is 10.9. The van der Waals surface area contributed by atoms with Crippen LogP contribution in [0, 0.1) is 23.7 Å². The van der Waals surface area contributed by atoms with Crippen LogP contribution in [0.1, 0.15) is 37.5 Å². The van der Waals surface area contributed by atoms with Crippen LogP contribution in [0.25, 0.3) is 0 Å². The van der Waals surface area contributed by atoms with Gasteiger partial charge in [0.25, 0.3) is 17.7 Å². The molecule has 3 aromatic carbocycles. The molecule has 12 heteroatoms. The monoisotopic (exact) mass is 742 g/mol. The molecule has 1 heterocycles. The minimum absolute atomic E-state index is 0.0105. The van der Waals surface area contributed by atoms with Crippen LogP contribution < -0.4 is 9.47 Å². The van der Waals surface area contributed by atoms with Crippen molar-refractivity contribution < 1.29 is 33.4 Å². The van der Waals surface area contributed by atoms with Gasteiger partial charge in [-0.05, 0) is 72.9 Å². The summed E-state index contributed by atoms with van der Waals surface area (Å²) in [6.07, 6.45) is 0.721. The van der Waals surface area contributed by atoms with E-state index in [1.165, 1.54) is 43.5 Å². The predicted octanol–water partition coefficient (Wildman–Crippen LogP) is 5.59. The summed E-state index contributed by atoms with van der Waals surface area (Å²) >= 11 is 13.7. The van der Waals surface area contributed by atoms with Gasteiger partial charge in [-0.1, -0.05) is 61.7 Å². The van der Waals surface area contributed by atoms with E-state index in [-0.39, 0.29) is 49.0 Å². The number of carbonyl (C=O) groups is 5. The molecule has 2 saturated carbocycles. The Labute approximate surface area is 274 Å². The van der Waals surface area contributed by atoms with Crippen molar-refractivity contribution in [1.82, 2.24) is 10.0 Å². The van der Waals surface area contributed by atoms with Gasteiger partial charge in [0.2, 0.25) is 0 Å². The second-order valence-corrected chi connectivity index (χ2v) is 13.4. The maximum Gasteiger partial charge on any atom is 0.343 e. The minimum atomic E-state index is -0.743. The molecule has 3 amide bonds. The number of ether oxygens (including phenoxy) is 2. The Bertz CT molecular complexity index is 1650. The van der Waals surface area contributed by atoms with E-state index in [0.29, 0.717) is 5.75 Å². The maximum atomic E-state index is 13.9. The summed E-state index contributed by atoms with van der Waals surface area (Å²) in [6, 6.07) is 18.6. The van der Waals surface area contributed by atoms with Gasteiger partial charge >= 0.3 is 5.97 Å². The molecule has 2 aliphatic carbocycles. The van der Waals surface area contributed by atoms with Gasteiger partial charge in [-0.2, -0.15) is 5.01 Å². The van der Waals surface area contributed by atoms with E-state index in [1.807, 2.05) is 0 Å². The van der Waals surface area contributed by atoms with E-state index < -0.39 is 47.9 Å². The normalized spacial score (nSPS) is 25.1. The number of hydrogen-bond donors (Lipinski definition) is 0. The highest BCUT2D eigenvalue weighted by atomic mass is 79.9. The van der Waals surface area contributed by atoms with Gasteiger partial charge in [0.15, 0.2) is 5.78 Å². The van der Waals surface area contributed by atoms with Gasteiger partial charge in [0, 0.05) is 15.2 Å². The number of imide groups is 1. The number of halogens is 3. The van der Waals surface area contributed by atoms with Gasteiger partial charge in [-0.3, -0.25) is 19.2 Å². The molecule has 44 heavy (non-hydrogen) atoms. The van der Waals surface area contributed by atoms with Crippen molar-refractivity contribution in [3.63, 3.8) is 0 Å². The quantitative estimate of drug-likeness (QED) is 0.0974. The highest BCUT2D eigenvalue weighted by molar-refractivity contribution is 9.12. The third-order valence-corrected chi connectivity index (χ3v) is 12.1. The number of methoxy groups -OCH3 is 1. The van der Waals surface area contributed by atoms with Gasteiger partial charge in [-0.15, -0.1) is 0 Å². The summed E-state index contributed by atoms with van der Waals surface area (Å²) in [5.41, 5.74) is 0.525. The lowest BCUT2D eigenvalue weighted by molar-refractivity contribution is -0.154. The first-order valence-electron chi connectivity index (χ1n) is 13.8. The Morgan fingerprint density at radius 1 is 0.864 bits per heavy atom. The molecule has 0 spiro atoms. The number of hydrogen-bond acceptors (Lipinski definition) is 7. The zero-order valence-corrected chi connectivity index (χ0v) is 27.1. The molecule has 1 saturated heterocycles. The Morgan fingerprint density at radius 3 is 2.11 bits per heavy atom. The average molecular weight is 745 g/mol. The standard InChI is InChI=1S/C32H25Br2ClN2O7/c1-43-19-6-4-5-17(13-19)32(42)44-18-11-9-16(10-12-18)24(38)15-36(29(39)20-7-2-3-8-23(20)35)37-30(40)25-21-14-22(26(25)31(37)41)28(34)27(21)33/h2-13,21-22,25-28H,14-15H2,1H3/t21-,22-,25-,26-,27-,28+/m1/s1. The number of nitrogens with zero attached hydrogens (tertiary/aromatic N) is 2. The molecule has 0 radical (unpaired) electrons. The number of rotatable bonds is 8. The lowest BCUT2D eigenvalue weighted by Gasteiger charge is -2.31. The van der Waals surface area contributed by atoms with Gasteiger partial charge in [0.1, 0.15) is 18.0 Å². The molecule has 9 nitrogen and oxygen atoms in total. The highest BCUT2D eigenvalue weighted by Crippen LogP contribution is 2.60. The van der Waals surface area contributed by atoms with Crippen LogP contribution in [-0.4, -0.2) is 62.8 Å². The Kier molecular flexibility index (Phi) is 8.38. The lowest BCUT2D eigenvalue weighted by atomic mass is 9.81. The van der Waals surface area contributed by atoms with Crippen LogP contribution in [0.3, 0.4) is 0 Å². The van der Waals surface area contributed by atoms with Crippen LogP contribution in [0.4, 0.5) is 0 Å². The van der Waals surface area contributed by atoms with Crippen molar-refractivity contribution in [2.75, 3.05) is 13.7 Å². The molecular formula is C32H25Br2ClN2O7. The Hall–Kier alpha value is -3.54. The highest BCUT2D eigenvalue weighted by Gasteiger charge is 2.67. The van der Waals surface area contributed by atoms with Crippen LogP contribution in [-0.2, 0) is 9.59 Å². The van der Waals surface area contributed by atoms with Crippen LogP contribution in [0.2, 0.25) is 5.02 Å². The molecule has 3 fully saturated rings. The fourth-order valence-electron chi connectivity index (χ4n) is 6.43. The number of ketones is 1. The number of alkyl halides is 2. The lowest BCUT2D eigenvalue weighted by Crippen LogP contribution is -2.52. The molecule has 0 N–H and O–H groups in total. The summed E-state index contributed by atoms with van der Waals surface area (Å²) < 4.78 is 10.6. The number of carbonyl (C=O) groups excluding carboxylic acids is 5. The fourth-order valence-corrected chi connectivity index (χ4v) is 8.52. The number of fused-ring (bicyclic) bond motifs is 5. The summed E-state index contributed by atoms with van der Waals surface area (Å²) in [5, 5.41) is 1.89. The predicted molar refractivity (Wildman–Crippen MR) is 167 cm³/mol. The number of esters is 1. The number of hydrazine groups is 1. The maximum absolute atomic E-state index is 13.9. The van der Waals surface area contributed by atoms with Crippen molar-refractivity contribution in [1.29, 1.82) is 0 Å². The third kappa shape index (κ3) is 5.24. The Morgan fingerprint density at radius 2 is 1.50 bits per heavy atom. The molecule has 6 rings (SSSR count). The zero-order valence-electron chi connectivity index (χ0n) is 23.2. The van der Waals surface area contributed by atoms with Crippen molar-refractivity contribution in [2.24, 2.45) is 23.7 Å². The van der Waals surface area contributed by atoms with E-state index in [2.05, 4.69) is 31.9 Å². The molecule has 3 aromatic rings. The van der Waals surface area contributed by atoms with Gasteiger partial charge in [-0.25, -0.2) is 9.80 Å². The first kappa shape index (κ1) is 30.5. The summed E-state index contributed by atoms with van der Waals surface area (Å²) in [7, 11) is 1.49. The first-order valence-corrected chi connectivity index (χ1v) is 16.0. The first-order chi connectivity index (χ1) is 21.1. The van der Waals surface area contributed by atoms with Crippen molar-refractivity contribution in [2.45, 2.75) is 16.1 Å². The number of Topliss-reactive ketones (excluding diaryl/α,β-unsaturated/α-hetero) is 1. The summed E-state index contributed by atoms with van der Waals surface area (Å²) in [4.78, 5) is 67.6. The van der Waals surface area contributed by atoms with E-state index in [4.69, 9.17) is 21.1 Å². The second kappa shape index (κ2) is 12.1. The fraction of sp³-hybridized carbons (Fsp3) is 0.281. The Balaban J connectivity index is 1.24. The minimum Gasteiger partial charge on any atom is -0.497 e. The smallest absolute Gasteiger partial charge is 0.343 e. The third-order valence-electron chi connectivity index (χ3n) is 8.53. The van der Waals surface area contributed by atoms with Crippen molar-refractivity contribution in [3.8, 4) is 11.5 Å². The molecule has 2 bridgehead atoms. The van der Waals surface area contributed by atoms with E-state index in [0.717, 1.165) is 16.4 Å². The van der Waals surface area contributed by atoms with E-state index in [1.54, 1.807) is 36.4 Å². The molecular weight excluding hydrogens is 720 g/mol. The topological polar surface area (TPSA) is 110 Å². The SMILES string of the molecule is COc1cccc(C(=O)Oc2ccc(C(=O)CN(C(=O)c3ccccc3Cl)N3C(=O)[C@@H]4[C@H]5C[C@@H]([C@@H](Br)[C@H]5Br)[C@H]4C3=O)cc2)c1. The molecule has 226 valence electrons. The number of benzene rings is 3.